The Morgan fingerprint density at radius 2 is 1.66 bits per heavy atom. The van der Waals surface area contributed by atoms with Crippen molar-refractivity contribution in [3.8, 4) is 11.3 Å². The molecule has 4 aromatic carbocycles. The maximum Gasteiger partial charge on any atom is 0.270 e. The van der Waals surface area contributed by atoms with E-state index in [1.165, 1.54) is 47.4 Å². The molecule has 2 amide bonds. The highest BCUT2D eigenvalue weighted by Gasteiger charge is 2.23. The predicted molar refractivity (Wildman–Crippen MR) is 166 cm³/mol. The molecule has 1 unspecified atom stereocenters. The van der Waals surface area contributed by atoms with Gasteiger partial charge in [-0.3, -0.25) is 19.7 Å². The van der Waals surface area contributed by atoms with Gasteiger partial charge in [0.1, 0.15) is 5.25 Å². The highest BCUT2D eigenvalue weighted by Crippen LogP contribution is 2.38. The first-order valence-electron chi connectivity index (χ1n) is 12.3. The Hall–Kier alpha value is -4.32. The van der Waals surface area contributed by atoms with Crippen LogP contribution in [0.2, 0.25) is 0 Å². The zero-order valence-corrected chi connectivity index (χ0v) is 24.4. The maximum atomic E-state index is 13.5. The molecular weight excluding hydrogens is 624 g/mol. The van der Waals surface area contributed by atoms with Crippen molar-refractivity contribution >= 4 is 67.3 Å². The van der Waals surface area contributed by atoms with E-state index in [4.69, 9.17) is 0 Å². The van der Waals surface area contributed by atoms with Gasteiger partial charge in [0.2, 0.25) is 5.91 Å². The van der Waals surface area contributed by atoms with Gasteiger partial charge in [-0.15, -0.1) is 23.1 Å². The molecule has 41 heavy (non-hydrogen) atoms. The fourth-order valence-corrected chi connectivity index (χ4v) is 5.97. The number of non-ortho nitro benzene ring substituents is 1. The Labute approximate surface area is 252 Å². The van der Waals surface area contributed by atoms with Gasteiger partial charge in [-0.2, -0.15) is 0 Å². The van der Waals surface area contributed by atoms with E-state index in [9.17, 15) is 19.7 Å². The Kier molecular flexibility index (Phi) is 8.88. The van der Waals surface area contributed by atoms with Gasteiger partial charge in [-0.05, 0) is 42.0 Å². The number of nitrogens with one attached hydrogen (secondary N) is 2. The number of halogens is 1. The van der Waals surface area contributed by atoms with Crippen LogP contribution in [-0.4, -0.2) is 21.7 Å². The van der Waals surface area contributed by atoms with Crippen LogP contribution >= 0.6 is 39.0 Å². The number of aromatic nitrogens is 1. The summed E-state index contributed by atoms with van der Waals surface area (Å²) in [6.07, 6.45) is 0. The third-order valence-electron chi connectivity index (χ3n) is 5.88. The monoisotopic (exact) mass is 644 g/mol. The summed E-state index contributed by atoms with van der Waals surface area (Å²) >= 11 is 6.12. The summed E-state index contributed by atoms with van der Waals surface area (Å²) in [5.41, 5.74) is 3.04. The number of hydrogen-bond acceptors (Lipinski definition) is 7. The number of thioether (sulfide) groups is 1. The minimum Gasteiger partial charge on any atom is -0.322 e. The Balaban J connectivity index is 1.33. The molecule has 0 bridgehead atoms. The van der Waals surface area contributed by atoms with Gasteiger partial charge >= 0.3 is 0 Å². The summed E-state index contributed by atoms with van der Waals surface area (Å²) in [6, 6.07) is 29.9. The van der Waals surface area contributed by atoms with E-state index < -0.39 is 16.1 Å². The van der Waals surface area contributed by atoms with Crippen LogP contribution in [-0.2, 0) is 4.79 Å². The van der Waals surface area contributed by atoms with E-state index in [-0.39, 0.29) is 17.2 Å². The van der Waals surface area contributed by atoms with Gasteiger partial charge in [0.15, 0.2) is 5.13 Å². The summed E-state index contributed by atoms with van der Waals surface area (Å²) in [4.78, 5) is 42.2. The van der Waals surface area contributed by atoms with E-state index in [0.717, 1.165) is 26.2 Å². The van der Waals surface area contributed by atoms with Crippen LogP contribution in [0.1, 0.15) is 21.2 Å². The van der Waals surface area contributed by atoms with E-state index in [1.54, 1.807) is 18.2 Å². The number of thiazole rings is 1. The maximum absolute atomic E-state index is 13.5. The second-order valence-corrected chi connectivity index (χ2v) is 11.7. The first kappa shape index (κ1) is 28.2. The molecule has 0 fully saturated rings. The highest BCUT2D eigenvalue weighted by atomic mass is 79.9. The first-order valence-corrected chi connectivity index (χ1v) is 14.8. The zero-order valence-electron chi connectivity index (χ0n) is 21.2. The topological polar surface area (TPSA) is 114 Å². The number of hydrogen-bond donors (Lipinski definition) is 2. The summed E-state index contributed by atoms with van der Waals surface area (Å²) < 4.78 is 0.973. The SMILES string of the molecule is O=C(Nc1cccc(SC(C(=O)Nc2nc(-c3ccc(Br)cc3)cs2)c2ccccc2)c1)c1cccc([N+](=O)[O-])c1. The lowest BCUT2D eigenvalue weighted by Crippen LogP contribution is -2.19. The fourth-order valence-electron chi connectivity index (χ4n) is 3.90. The number of amides is 2. The Morgan fingerprint density at radius 1 is 0.902 bits per heavy atom. The average Bonchev–Trinajstić information content (AvgIpc) is 3.45. The van der Waals surface area contributed by atoms with Gasteiger partial charge in [-0.1, -0.05) is 70.5 Å². The van der Waals surface area contributed by atoms with E-state index in [2.05, 4.69) is 31.5 Å². The van der Waals surface area contributed by atoms with Crippen LogP contribution in [0.15, 0.2) is 118 Å². The van der Waals surface area contributed by atoms with Gasteiger partial charge in [0, 0.05) is 43.7 Å². The predicted octanol–water partition coefficient (Wildman–Crippen LogP) is 8.21. The van der Waals surface area contributed by atoms with Gasteiger partial charge in [0.25, 0.3) is 11.6 Å². The molecule has 204 valence electrons. The van der Waals surface area contributed by atoms with Gasteiger partial charge in [0.05, 0.1) is 10.6 Å². The number of nitrogens with zero attached hydrogens (tertiary/aromatic N) is 2. The number of carbonyl (C=O) groups excluding carboxylic acids is 2. The molecule has 0 radical (unpaired) electrons. The molecule has 0 aliphatic rings. The van der Waals surface area contributed by atoms with Crippen LogP contribution in [0.3, 0.4) is 0 Å². The molecule has 5 aromatic rings. The molecule has 0 aliphatic carbocycles. The number of rotatable bonds is 9. The lowest BCUT2D eigenvalue weighted by atomic mass is 10.1. The number of carbonyl (C=O) groups is 2. The van der Waals surface area contributed by atoms with Crippen molar-refractivity contribution in [1.82, 2.24) is 4.98 Å². The third kappa shape index (κ3) is 7.26. The molecule has 8 nitrogen and oxygen atoms in total. The van der Waals surface area contributed by atoms with Crippen molar-refractivity contribution in [2.45, 2.75) is 10.1 Å². The normalized spacial score (nSPS) is 11.4. The molecule has 5 rings (SSSR count). The first-order chi connectivity index (χ1) is 19.9. The van der Waals surface area contributed by atoms with Crippen LogP contribution in [0.4, 0.5) is 16.5 Å². The van der Waals surface area contributed by atoms with Crippen molar-refractivity contribution in [3.63, 3.8) is 0 Å². The fraction of sp³-hybridized carbons (Fsp3) is 0.0333. The Bertz CT molecular complexity index is 1710. The minimum atomic E-state index is -0.598. The molecular formula is C30H21BrN4O4S2. The van der Waals surface area contributed by atoms with Gasteiger partial charge < -0.3 is 10.6 Å². The van der Waals surface area contributed by atoms with Crippen molar-refractivity contribution in [2.24, 2.45) is 0 Å². The summed E-state index contributed by atoms with van der Waals surface area (Å²) in [6.45, 7) is 0. The van der Waals surface area contributed by atoms with Crippen LogP contribution in [0.25, 0.3) is 11.3 Å². The molecule has 0 saturated carbocycles. The van der Waals surface area contributed by atoms with Crippen molar-refractivity contribution < 1.29 is 14.5 Å². The molecule has 0 saturated heterocycles. The van der Waals surface area contributed by atoms with Crippen molar-refractivity contribution in [1.29, 1.82) is 0 Å². The lowest BCUT2D eigenvalue weighted by molar-refractivity contribution is -0.384. The van der Waals surface area contributed by atoms with Crippen molar-refractivity contribution in [2.75, 3.05) is 10.6 Å². The van der Waals surface area contributed by atoms with Crippen LogP contribution in [0.5, 0.6) is 0 Å². The number of anilines is 2. The quantitative estimate of drug-likeness (QED) is 0.0949. The standard InChI is InChI=1S/C30H21BrN4O4S2/c31-22-14-12-19(13-15-22)26-18-40-30(33-26)34-29(37)27(20-6-2-1-3-7-20)41-25-11-5-9-23(17-25)32-28(36)21-8-4-10-24(16-21)35(38)39/h1-18,27H,(H,32,36)(H,33,34,37). The smallest absolute Gasteiger partial charge is 0.270 e. The average molecular weight is 646 g/mol. The summed E-state index contributed by atoms with van der Waals surface area (Å²) in [5.74, 6) is -0.706. The summed E-state index contributed by atoms with van der Waals surface area (Å²) in [5, 5.41) is 18.6. The largest absolute Gasteiger partial charge is 0.322 e. The molecule has 0 spiro atoms. The second kappa shape index (κ2) is 12.9. The molecule has 2 N–H and O–H groups in total. The third-order valence-corrected chi connectivity index (χ3v) is 8.41. The van der Waals surface area contributed by atoms with E-state index in [0.29, 0.717) is 10.8 Å². The van der Waals surface area contributed by atoms with E-state index in [1.807, 2.05) is 66.0 Å². The molecule has 1 atom stereocenters. The number of nitro groups is 1. The molecule has 11 heteroatoms. The zero-order chi connectivity index (χ0) is 28.8. The molecule has 1 heterocycles. The van der Waals surface area contributed by atoms with Crippen LogP contribution in [0, 0.1) is 10.1 Å². The highest BCUT2D eigenvalue weighted by molar-refractivity contribution is 9.10. The second-order valence-electron chi connectivity index (χ2n) is 8.73. The van der Waals surface area contributed by atoms with Crippen LogP contribution < -0.4 is 10.6 Å². The molecule has 0 aliphatic heterocycles. The Morgan fingerprint density at radius 3 is 2.41 bits per heavy atom. The summed E-state index contributed by atoms with van der Waals surface area (Å²) in [7, 11) is 0. The minimum absolute atomic E-state index is 0.164. The molecule has 1 aromatic heterocycles. The van der Waals surface area contributed by atoms with Crippen molar-refractivity contribution in [3.05, 3.63) is 134 Å². The van der Waals surface area contributed by atoms with Gasteiger partial charge in [-0.25, -0.2) is 4.98 Å². The van der Waals surface area contributed by atoms with E-state index >= 15 is 0 Å². The number of nitro benzene ring substituents is 1. The number of benzene rings is 4. The lowest BCUT2D eigenvalue weighted by Gasteiger charge is -2.17.